The zero-order valence-corrected chi connectivity index (χ0v) is 23.4. The van der Waals surface area contributed by atoms with Crippen molar-refractivity contribution < 1.29 is 43.3 Å². The Labute approximate surface area is 231 Å². The molecule has 0 saturated heterocycles. The molecule has 0 aromatic heterocycles. The highest BCUT2D eigenvalue weighted by atomic mass is 17.3. The first-order valence-electron chi connectivity index (χ1n) is 13.9. The Balaban J connectivity index is 1.77. The molecule has 0 fully saturated rings. The third kappa shape index (κ3) is 13.5. The lowest BCUT2D eigenvalue weighted by Crippen LogP contribution is -2.26. The summed E-state index contributed by atoms with van der Waals surface area (Å²) in [6.07, 6.45) is 7.63. The van der Waals surface area contributed by atoms with Gasteiger partial charge in [-0.15, -0.1) is 9.78 Å². The molecule has 0 amide bonds. The number of hydrogen-bond donors (Lipinski definition) is 0. The molecule has 2 aromatic carbocycles. The van der Waals surface area contributed by atoms with Gasteiger partial charge in [0.15, 0.2) is 0 Å². The lowest BCUT2D eigenvalue weighted by Gasteiger charge is -2.15. The van der Waals surface area contributed by atoms with E-state index >= 15 is 0 Å². The van der Waals surface area contributed by atoms with Crippen LogP contribution in [0.25, 0.3) is 0 Å². The SMILES string of the molecule is CCCCCCOc1ccc(C(=O)OOC(COCC)OOC(=O)c2ccc(OCCCCCC)cc2)cc1. The van der Waals surface area contributed by atoms with Crippen LogP contribution in [0.5, 0.6) is 11.5 Å². The van der Waals surface area contributed by atoms with Crippen LogP contribution in [0.15, 0.2) is 48.5 Å². The van der Waals surface area contributed by atoms with Crippen molar-refractivity contribution in [1.29, 1.82) is 0 Å². The Kier molecular flexibility index (Phi) is 16.3. The largest absolute Gasteiger partial charge is 0.494 e. The molecule has 0 heterocycles. The topological polar surface area (TPSA) is 98.8 Å². The van der Waals surface area contributed by atoms with Crippen LogP contribution in [0.2, 0.25) is 0 Å². The number of rotatable bonds is 21. The molecule has 0 saturated carbocycles. The number of ether oxygens (including phenoxy) is 3. The second-order valence-electron chi connectivity index (χ2n) is 8.89. The molecular formula is C30H42O9. The van der Waals surface area contributed by atoms with Gasteiger partial charge >= 0.3 is 11.9 Å². The van der Waals surface area contributed by atoms with Gasteiger partial charge < -0.3 is 14.2 Å². The fourth-order valence-corrected chi connectivity index (χ4v) is 3.39. The highest BCUT2D eigenvalue weighted by Crippen LogP contribution is 2.16. The molecule has 216 valence electrons. The summed E-state index contributed by atoms with van der Waals surface area (Å²) in [6, 6.07) is 13.1. The highest BCUT2D eigenvalue weighted by molar-refractivity contribution is 5.89. The Morgan fingerprint density at radius 1 is 0.615 bits per heavy atom. The van der Waals surface area contributed by atoms with E-state index in [0.717, 1.165) is 25.7 Å². The van der Waals surface area contributed by atoms with E-state index in [9.17, 15) is 9.59 Å². The Morgan fingerprint density at radius 3 is 1.44 bits per heavy atom. The summed E-state index contributed by atoms with van der Waals surface area (Å²) in [6.45, 7) is 7.56. The van der Waals surface area contributed by atoms with Crippen molar-refractivity contribution in [2.75, 3.05) is 26.4 Å². The van der Waals surface area contributed by atoms with Gasteiger partial charge in [0.05, 0.1) is 24.3 Å². The predicted molar refractivity (Wildman–Crippen MR) is 145 cm³/mol. The third-order valence-electron chi connectivity index (χ3n) is 5.63. The van der Waals surface area contributed by atoms with Crippen molar-refractivity contribution in [3.63, 3.8) is 0 Å². The van der Waals surface area contributed by atoms with Gasteiger partial charge in [-0.25, -0.2) is 9.59 Å². The van der Waals surface area contributed by atoms with Crippen LogP contribution in [0.3, 0.4) is 0 Å². The van der Waals surface area contributed by atoms with E-state index in [-0.39, 0.29) is 17.7 Å². The first kappa shape index (κ1) is 32.1. The van der Waals surface area contributed by atoms with Crippen LogP contribution in [0.1, 0.15) is 92.9 Å². The van der Waals surface area contributed by atoms with Crippen LogP contribution in [0, 0.1) is 0 Å². The minimum atomic E-state index is -1.28. The average molecular weight is 547 g/mol. The molecule has 0 aliphatic heterocycles. The minimum absolute atomic E-state index is 0.132. The molecule has 0 radical (unpaired) electrons. The van der Waals surface area contributed by atoms with Gasteiger partial charge in [-0.05, 0) is 68.3 Å². The maximum atomic E-state index is 12.4. The molecule has 2 rings (SSSR count). The molecule has 0 spiro atoms. The number of carbonyl (C=O) groups excluding carboxylic acids is 2. The second-order valence-corrected chi connectivity index (χ2v) is 8.89. The van der Waals surface area contributed by atoms with E-state index in [4.69, 9.17) is 33.8 Å². The van der Waals surface area contributed by atoms with Gasteiger partial charge in [-0.1, -0.05) is 52.4 Å². The molecule has 0 aliphatic rings. The summed E-state index contributed by atoms with van der Waals surface area (Å²) in [7, 11) is 0. The smallest absolute Gasteiger partial charge is 0.373 e. The summed E-state index contributed by atoms with van der Waals surface area (Å²) in [5, 5.41) is 0. The number of carbonyl (C=O) groups is 2. The first-order valence-corrected chi connectivity index (χ1v) is 13.9. The van der Waals surface area contributed by atoms with Crippen LogP contribution in [-0.2, 0) is 24.3 Å². The fourth-order valence-electron chi connectivity index (χ4n) is 3.39. The van der Waals surface area contributed by atoms with Crippen LogP contribution < -0.4 is 9.47 Å². The molecule has 0 aliphatic carbocycles. The lowest BCUT2D eigenvalue weighted by atomic mass is 10.2. The molecular weight excluding hydrogens is 504 g/mol. The van der Waals surface area contributed by atoms with E-state index in [1.54, 1.807) is 55.5 Å². The van der Waals surface area contributed by atoms with E-state index < -0.39 is 18.2 Å². The van der Waals surface area contributed by atoms with Crippen molar-refractivity contribution in [2.45, 2.75) is 78.4 Å². The van der Waals surface area contributed by atoms with Crippen molar-refractivity contribution >= 4 is 11.9 Å². The van der Waals surface area contributed by atoms with Crippen molar-refractivity contribution in [3.05, 3.63) is 59.7 Å². The molecule has 0 atom stereocenters. The van der Waals surface area contributed by atoms with Crippen molar-refractivity contribution in [2.24, 2.45) is 0 Å². The molecule has 0 N–H and O–H groups in total. The number of hydrogen-bond acceptors (Lipinski definition) is 9. The second kappa shape index (κ2) is 19.9. The Morgan fingerprint density at radius 2 is 1.05 bits per heavy atom. The molecule has 9 heteroatoms. The summed E-state index contributed by atoms with van der Waals surface area (Å²) >= 11 is 0. The maximum Gasteiger partial charge on any atom is 0.373 e. The van der Waals surface area contributed by atoms with Gasteiger partial charge in [-0.2, -0.15) is 0 Å². The molecule has 0 unspecified atom stereocenters. The van der Waals surface area contributed by atoms with Gasteiger partial charge in [0.2, 0.25) is 0 Å². The summed E-state index contributed by atoms with van der Waals surface area (Å²) < 4.78 is 16.6. The van der Waals surface area contributed by atoms with Crippen LogP contribution in [-0.4, -0.2) is 44.7 Å². The minimum Gasteiger partial charge on any atom is -0.494 e. The standard InChI is InChI=1S/C30H42O9/c1-4-7-9-11-21-34-26-17-13-24(14-18-26)29(31)38-36-28(23-33-6-3)37-39-30(32)25-15-19-27(20-16-25)35-22-12-10-8-5-2/h13-20,28H,4-12,21-23H2,1-3H3. The van der Waals surface area contributed by atoms with Gasteiger partial charge in [0.1, 0.15) is 18.1 Å². The lowest BCUT2D eigenvalue weighted by molar-refractivity contribution is -0.426. The Hall–Kier alpha value is -3.14. The van der Waals surface area contributed by atoms with Crippen LogP contribution in [0.4, 0.5) is 0 Å². The summed E-state index contributed by atoms with van der Waals surface area (Å²) in [5.74, 6) is -0.155. The number of unbranched alkanes of at least 4 members (excludes halogenated alkanes) is 6. The van der Waals surface area contributed by atoms with Crippen molar-refractivity contribution in [3.8, 4) is 11.5 Å². The van der Waals surface area contributed by atoms with Gasteiger partial charge in [0, 0.05) is 6.61 Å². The highest BCUT2D eigenvalue weighted by Gasteiger charge is 2.20. The maximum absolute atomic E-state index is 12.4. The summed E-state index contributed by atoms with van der Waals surface area (Å²) in [5.41, 5.74) is 0.515. The molecule has 39 heavy (non-hydrogen) atoms. The number of benzene rings is 2. The van der Waals surface area contributed by atoms with Crippen molar-refractivity contribution in [1.82, 2.24) is 0 Å². The van der Waals surface area contributed by atoms with E-state index in [0.29, 0.717) is 31.3 Å². The monoisotopic (exact) mass is 546 g/mol. The predicted octanol–water partition coefficient (Wildman–Crippen LogP) is 6.84. The zero-order valence-electron chi connectivity index (χ0n) is 23.4. The molecule has 0 bridgehead atoms. The van der Waals surface area contributed by atoms with E-state index in [2.05, 4.69) is 13.8 Å². The fraction of sp³-hybridized carbons (Fsp3) is 0.533. The average Bonchev–Trinajstić information content (AvgIpc) is 2.97. The van der Waals surface area contributed by atoms with Gasteiger partial charge in [0.25, 0.3) is 6.29 Å². The molecule has 2 aromatic rings. The van der Waals surface area contributed by atoms with E-state index in [1.807, 2.05) is 0 Å². The molecule has 9 nitrogen and oxygen atoms in total. The normalized spacial score (nSPS) is 10.9. The Bertz CT molecular complexity index is 855. The quantitative estimate of drug-likeness (QED) is 0.0721. The van der Waals surface area contributed by atoms with Gasteiger partial charge in [-0.3, -0.25) is 9.78 Å². The first-order chi connectivity index (χ1) is 19.1. The van der Waals surface area contributed by atoms with Crippen LogP contribution >= 0.6 is 0 Å². The summed E-state index contributed by atoms with van der Waals surface area (Å²) in [4.78, 5) is 44.6. The van der Waals surface area contributed by atoms with E-state index in [1.165, 1.54) is 25.7 Å². The zero-order chi connectivity index (χ0) is 28.1. The third-order valence-corrected chi connectivity index (χ3v) is 5.63.